The molecule has 0 amide bonds. The average molecular weight is 205 g/mol. The lowest BCUT2D eigenvalue weighted by Crippen LogP contribution is -1.92. The monoisotopic (exact) mass is 204 g/mol. The second kappa shape index (κ2) is 6.87. The quantitative estimate of drug-likeness (QED) is 0.290. The predicted octanol–water partition coefficient (Wildman–Crippen LogP) is 2.88. The van der Waals surface area contributed by atoms with Gasteiger partial charge in [0.2, 0.25) is 0 Å². The van der Waals surface area contributed by atoms with Crippen LogP contribution in [0.5, 0.6) is 0 Å². The molecule has 0 rings (SSSR count). The van der Waals surface area contributed by atoms with E-state index in [0.717, 1.165) is 24.1 Å². The SMILES string of the molecule is C=C/C(=C/C)OCCCBr. The molecule has 0 aromatic rings. The van der Waals surface area contributed by atoms with Gasteiger partial charge < -0.3 is 4.74 Å². The van der Waals surface area contributed by atoms with Crippen LogP contribution in [0.2, 0.25) is 0 Å². The molecule has 0 radical (unpaired) electrons. The lowest BCUT2D eigenvalue weighted by Gasteiger charge is -2.03. The highest BCUT2D eigenvalue weighted by atomic mass is 79.9. The third-order valence-corrected chi connectivity index (χ3v) is 1.59. The number of allylic oxidation sites excluding steroid dienone is 2. The van der Waals surface area contributed by atoms with Crippen molar-refractivity contribution in [1.29, 1.82) is 0 Å². The minimum Gasteiger partial charge on any atom is -0.494 e. The van der Waals surface area contributed by atoms with Gasteiger partial charge in [-0.1, -0.05) is 22.5 Å². The summed E-state index contributed by atoms with van der Waals surface area (Å²) in [6, 6.07) is 0. The standard InChI is InChI=1S/C8H13BrO/c1-3-8(4-2)10-7-5-6-9/h3-4H,1,5-7H2,2H3/b8-4-. The van der Waals surface area contributed by atoms with Crippen molar-refractivity contribution in [2.75, 3.05) is 11.9 Å². The largest absolute Gasteiger partial charge is 0.494 e. The van der Waals surface area contributed by atoms with E-state index in [2.05, 4.69) is 22.5 Å². The van der Waals surface area contributed by atoms with Crippen LogP contribution in [0, 0.1) is 0 Å². The minimum atomic E-state index is 0.761. The Morgan fingerprint density at radius 3 is 2.80 bits per heavy atom. The first-order valence-electron chi connectivity index (χ1n) is 3.32. The molecule has 0 heterocycles. The molecule has 0 bridgehead atoms. The first-order valence-corrected chi connectivity index (χ1v) is 4.44. The van der Waals surface area contributed by atoms with Crippen LogP contribution in [-0.4, -0.2) is 11.9 Å². The zero-order valence-electron chi connectivity index (χ0n) is 6.27. The van der Waals surface area contributed by atoms with Gasteiger partial charge >= 0.3 is 0 Å². The van der Waals surface area contributed by atoms with Gasteiger partial charge in [0.05, 0.1) is 6.61 Å². The second-order valence-corrected chi connectivity index (χ2v) is 2.58. The Kier molecular flexibility index (Phi) is 6.71. The van der Waals surface area contributed by atoms with E-state index >= 15 is 0 Å². The number of halogens is 1. The van der Waals surface area contributed by atoms with Crippen LogP contribution in [0.4, 0.5) is 0 Å². The highest BCUT2D eigenvalue weighted by Crippen LogP contribution is 1.99. The van der Waals surface area contributed by atoms with Crippen molar-refractivity contribution in [2.24, 2.45) is 0 Å². The van der Waals surface area contributed by atoms with Gasteiger partial charge in [0.15, 0.2) is 0 Å². The minimum absolute atomic E-state index is 0.761. The molecule has 0 unspecified atom stereocenters. The van der Waals surface area contributed by atoms with Crippen LogP contribution < -0.4 is 0 Å². The molecule has 0 saturated carbocycles. The molecule has 0 fully saturated rings. The van der Waals surface area contributed by atoms with E-state index in [9.17, 15) is 0 Å². The van der Waals surface area contributed by atoms with Gasteiger partial charge in [0, 0.05) is 5.33 Å². The predicted molar refractivity (Wildman–Crippen MR) is 48.3 cm³/mol. The molecule has 0 spiro atoms. The molecular formula is C8H13BrO. The average Bonchev–Trinajstić information content (AvgIpc) is 1.99. The van der Waals surface area contributed by atoms with E-state index in [1.165, 1.54) is 0 Å². The van der Waals surface area contributed by atoms with E-state index < -0.39 is 0 Å². The van der Waals surface area contributed by atoms with Gasteiger partial charge in [-0.15, -0.1) is 0 Å². The third kappa shape index (κ3) is 4.62. The van der Waals surface area contributed by atoms with E-state index in [1.54, 1.807) is 6.08 Å². The zero-order chi connectivity index (χ0) is 7.82. The third-order valence-electron chi connectivity index (χ3n) is 1.03. The van der Waals surface area contributed by atoms with Crippen molar-refractivity contribution < 1.29 is 4.74 Å². The number of rotatable bonds is 5. The zero-order valence-corrected chi connectivity index (χ0v) is 7.86. The summed E-state index contributed by atoms with van der Waals surface area (Å²) in [5, 5.41) is 0.987. The molecular weight excluding hydrogens is 192 g/mol. The van der Waals surface area contributed by atoms with Gasteiger partial charge in [-0.05, 0) is 25.5 Å². The van der Waals surface area contributed by atoms with Crippen LogP contribution in [0.25, 0.3) is 0 Å². The maximum absolute atomic E-state index is 5.29. The van der Waals surface area contributed by atoms with Gasteiger partial charge in [-0.3, -0.25) is 0 Å². The van der Waals surface area contributed by atoms with Gasteiger partial charge in [0.1, 0.15) is 5.76 Å². The van der Waals surface area contributed by atoms with Crippen molar-refractivity contribution in [3.63, 3.8) is 0 Å². The molecule has 58 valence electrons. The lowest BCUT2D eigenvalue weighted by atomic mass is 10.4. The van der Waals surface area contributed by atoms with Gasteiger partial charge in [-0.25, -0.2) is 0 Å². The Morgan fingerprint density at radius 1 is 1.70 bits per heavy atom. The summed E-state index contributed by atoms with van der Waals surface area (Å²) in [5.41, 5.74) is 0. The summed E-state index contributed by atoms with van der Waals surface area (Å²) < 4.78 is 5.29. The summed E-state index contributed by atoms with van der Waals surface area (Å²) in [6.07, 6.45) is 4.65. The van der Waals surface area contributed by atoms with Crippen LogP contribution in [0.3, 0.4) is 0 Å². The lowest BCUT2D eigenvalue weighted by molar-refractivity contribution is 0.226. The fourth-order valence-corrected chi connectivity index (χ4v) is 0.734. The topological polar surface area (TPSA) is 9.23 Å². The van der Waals surface area contributed by atoms with E-state index in [4.69, 9.17) is 4.74 Å². The van der Waals surface area contributed by atoms with Crippen molar-refractivity contribution >= 4 is 15.9 Å². The normalized spacial score (nSPS) is 11.2. The smallest absolute Gasteiger partial charge is 0.114 e. The second-order valence-electron chi connectivity index (χ2n) is 1.79. The van der Waals surface area contributed by atoms with E-state index in [1.807, 2.05) is 13.0 Å². The molecule has 0 aromatic carbocycles. The first-order chi connectivity index (χ1) is 4.85. The Balaban J connectivity index is 3.36. The Morgan fingerprint density at radius 2 is 2.40 bits per heavy atom. The maximum atomic E-state index is 5.29. The maximum Gasteiger partial charge on any atom is 0.114 e. The number of hydrogen-bond donors (Lipinski definition) is 0. The van der Waals surface area contributed by atoms with Gasteiger partial charge in [0.25, 0.3) is 0 Å². The number of ether oxygens (including phenoxy) is 1. The van der Waals surface area contributed by atoms with Gasteiger partial charge in [-0.2, -0.15) is 0 Å². The van der Waals surface area contributed by atoms with E-state index in [0.29, 0.717) is 0 Å². The molecule has 0 N–H and O–H groups in total. The summed E-state index contributed by atoms with van der Waals surface area (Å²) in [5.74, 6) is 0.862. The van der Waals surface area contributed by atoms with Crippen LogP contribution >= 0.6 is 15.9 Å². The molecule has 1 nitrogen and oxygen atoms in total. The molecule has 0 aliphatic rings. The van der Waals surface area contributed by atoms with Crippen molar-refractivity contribution in [3.05, 3.63) is 24.5 Å². The van der Waals surface area contributed by atoms with Crippen molar-refractivity contribution in [3.8, 4) is 0 Å². The van der Waals surface area contributed by atoms with Crippen LogP contribution in [-0.2, 0) is 4.74 Å². The first kappa shape index (κ1) is 9.76. The van der Waals surface area contributed by atoms with Crippen molar-refractivity contribution in [1.82, 2.24) is 0 Å². The summed E-state index contributed by atoms with van der Waals surface area (Å²) in [4.78, 5) is 0. The van der Waals surface area contributed by atoms with Crippen molar-refractivity contribution in [2.45, 2.75) is 13.3 Å². The fourth-order valence-electron chi connectivity index (χ4n) is 0.505. The fraction of sp³-hybridized carbons (Fsp3) is 0.500. The molecule has 0 atom stereocenters. The highest BCUT2D eigenvalue weighted by molar-refractivity contribution is 9.09. The molecule has 0 aromatic heterocycles. The summed E-state index contributed by atoms with van der Waals surface area (Å²) in [7, 11) is 0. The molecule has 0 aliphatic carbocycles. The Labute approximate surface area is 70.9 Å². The molecule has 2 heteroatoms. The number of hydrogen-bond acceptors (Lipinski definition) is 1. The molecule has 10 heavy (non-hydrogen) atoms. The van der Waals surface area contributed by atoms with Crippen LogP contribution in [0.15, 0.2) is 24.5 Å². The Bertz CT molecular complexity index is 118. The number of alkyl halides is 1. The highest BCUT2D eigenvalue weighted by Gasteiger charge is 1.88. The summed E-state index contributed by atoms with van der Waals surface area (Å²) in [6.45, 7) is 6.30. The Hall–Kier alpha value is -0.240. The molecule has 0 saturated heterocycles. The summed E-state index contributed by atoms with van der Waals surface area (Å²) >= 11 is 3.32. The van der Waals surface area contributed by atoms with Crippen LogP contribution in [0.1, 0.15) is 13.3 Å². The van der Waals surface area contributed by atoms with E-state index in [-0.39, 0.29) is 0 Å². The molecule has 0 aliphatic heterocycles.